The largest absolute Gasteiger partial charge is 0.491 e. The molecule has 1 aromatic rings. The van der Waals surface area contributed by atoms with Crippen LogP contribution in [0, 0.1) is 11.8 Å². The molecule has 2 aliphatic rings. The number of carbonyl (C=O) groups is 2. The number of allylic oxidation sites excluding steroid dienone is 2. The molecule has 1 saturated heterocycles. The van der Waals surface area contributed by atoms with E-state index in [1.165, 1.54) is 4.90 Å². The number of hydrogen-bond donors (Lipinski definition) is 1. The van der Waals surface area contributed by atoms with E-state index in [0.29, 0.717) is 18.6 Å². The fourth-order valence-corrected chi connectivity index (χ4v) is 3.36. The van der Waals surface area contributed by atoms with Crippen LogP contribution in [0.25, 0.3) is 0 Å². The molecule has 0 radical (unpaired) electrons. The Labute approximate surface area is 141 Å². The lowest BCUT2D eigenvalue weighted by atomic mass is 9.85. The summed E-state index contributed by atoms with van der Waals surface area (Å²) in [6, 6.07) is 7.68. The predicted octanol–water partition coefficient (Wildman–Crippen LogP) is 1.94. The van der Waals surface area contributed by atoms with Crippen molar-refractivity contribution in [1.82, 2.24) is 4.90 Å². The Morgan fingerprint density at radius 1 is 1.21 bits per heavy atom. The second-order valence-corrected chi connectivity index (χ2v) is 6.41. The van der Waals surface area contributed by atoms with Crippen LogP contribution in [-0.4, -0.2) is 41.1 Å². The second kappa shape index (κ2) is 7.18. The molecule has 0 spiro atoms. The molecule has 1 aromatic carbocycles. The van der Waals surface area contributed by atoms with E-state index in [9.17, 15) is 14.7 Å². The third kappa shape index (κ3) is 3.36. The third-order valence-corrected chi connectivity index (χ3v) is 4.74. The number of benzene rings is 1. The van der Waals surface area contributed by atoms with E-state index in [1.807, 2.05) is 36.4 Å². The first-order valence-electron chi connectivity index (χ1n) is 8.50. The molecule has 5 nitrogen and oxygen atoms in total. The van der Waals surface area contributed by atoms with Gasteiger partial charge in [-0.15, -0.1) is 0 Å². The van der Waals surface area contributed by atoms with Gasteiger partial charge in [0.1, 0.15) is 18.5 Å². The zero-order valence-corrected chi connectivity index (χ0v) is 13.9. The summed E-state index contributed by atoms with van der Waals surface area (Å²) in [5.74, 6) is -0.151. The number of amides is 2. The lowest BCUT2D eigenvalue weighted by Gasteiger charge is -2.19. The normalized spacial score (nSPS) is 24.2. The molecule has 0 saturated carbocycles. The maximum atomic E-state index is 12.4. The van der Waals surface area contributed by atoms with Gasteiger partial charge in [0.05, 0.1) is 18.4 Å². The number of nitrogens with zero attached hydrogens (tertiary/aromatic N) is 1. The first-order valence-corrected chi connectivity index (χ1v) is 8.50. The first kappa shape index (κ1) is 16.7. The summed E-state index contributed by atoms with van der Waals surface area (Å²) in [4.78, 5) is 25.9. The van der Waals surface area contributed by atoms with Crippen molar-refractivity contribution >= 4 is 11.8 Å². The lowest BCUT2D eigenvalue weighted by molar-refractivity contribution is -0.141. The predicted molar refractivity (Wildman–Crippen MR) is 89.4 cm³/mol. The number of ether oxygens (including phenoxy) is 1. The van der Waals surface area contributed by atoms with Crippen LogP contribution < -0.4 is 4.74 Å². The highest BCUT2D eigenvalue weighted by molar-refractivity contribution is 6.05. The zero-order valence-electron chi connectivity index (χ0n) is 13.9. The van der Waals surface area contributed by atoms with Crippen molar-refractivity contribution in [2.45, 2.75) is 32.3 Å². The fourth-order valence-electron chi connectivity index (χ4n) is 3.36. The summed E-state index contributed by atoms with van der Waals surface area (Å²) < 4.78 is 5.60. The molecule has 0 aromatic heterocycles. The van der Waals surface area contributed by atoms with Gasteiger partial charge in [0.2, 0.25) is 11.8 Å². The molecule has 128 valence electrons. The highest BCUT2D eigenvalue weighted by atomic mass is 16.5. The summed E-state index contributed by atoms with van der Waals surface area (Å²) in [6.07, 6.45) is 5.15. The quantitative estimate of drug-likeness (QED) is 0.640. The van der Waals surface area contributed by atoms with Gasteiger partial charge in [-0.2, -0.15) is 0 Å². The van der Waals surface area contributed by atoms with Crippen LogP contribution in [0.5, 0.6) is 5.75 Å². The van der Waals surface area contributed by atoms with Crippen molar-refractivity contribution in [1.29, 1.82) is 0 Å². The van der Waals surface area contributed by atoms with E-state index in [0.717, 1.165) is 12.0 Å². The Balaban J connectivity index is 1.56. The average Bonchev–Trinajstić information content (AvgIpc) is 2.85. The van der Waals surface area contributed by atoms with Gasteiger partial charge >= 0.3 is 0 Å². The zero-order chi connectivity index (χ0) is 17.1. The molecule has 3 atom stereocenters. The van der Waals surface area contributed by atoms with Gasteiger partial charge in [-0.3, -0.25) is 14.5 Å². The summed E-state index contributed by atoms with van der Waals surface area (Å²) in [7, 11) is 0. The topological polar surface area (TPSA) is 66.8 Å². The highest BCUT2D eigenvalue weighted by Gasteiger charge is 2.47. The summed E-state index contributed by atoms with van der Waals surface area (Å²) in [6.45, 7) is 2.11. The average molecular weight is 329 g/mol. The standard InChI is InChI=1S/C19H23NO4/c1-2-13-6-5-7-15(10-13)24-12-14(21)11-20-18(22)16-8-3-4-9-17(16)19(20)23/h3-7,10,14,16-17,21H,2,8-9,11-12H2,1H3/t14-,16+,17+/m1/s1. The maximum Gasteiger partial charge on any atom is 0.233 e. The second-order valence-electron chi connectivity index (χ2n) is 6.41. The number of imide groups is 1. The molecule has 24 heavy (non-hydrogen) atoms. The summed E-state index contributed by atoms with van der Waals surface area (Å²) in [5.41, 5.74) is 1.16. The van der Waals surface area contributed by atoms with Crippen LogP contribution in [0.1, 0.15) is 25.3 Å². The van der Waals surface area contributed by atoms with Crippen molar-refractivity contribution in [2.75, 3.05) is 13.2 Å². The first-order chi connectivity index (χ1) is 11.6. The van der Waals surface area contributed by atoms with Crippen molar-refractivity contribution in [2.24, 2.45) is 11.8 Å². The van der Waals surface area contributed by atoms with E-state index >= 15 is 0 Å². The Morgan fingerprint density at radius 3 is 2.50 bits per heavy atom. The molecule has 5 heteroatoms. The molecule has 1 fully saturated rings. The van der Waals surface area contributed by atoms with E-state index in [1.54, 1.807) is 0 Å². The smallest absolute Gasteiger partial charge is 0.233 e. The number of β-amino-alcohol motifs (C(OH)–C–C–N with tert-alkyl or cyclic N) is 1. The Bertz CT molecular complexity index is 629. The Morgan fingerprint density at radius 2 is 1.88 bits per heavy atom. The minimum atomic E-state index is -0.892. The van der Waals surface area contributed by atoms with Crippen LogP contribution in [0.2, 0.25) is 0 Å². The molecule has 1 aliphatic heterocycles. The summed E-state index contributed by atoms with van der Waals surface area (Å²) >= 11 is 0. The number of aliphatic hydroxyl groups excluding tert-OH is 1. The number of rotatable bonds is 6. The monoisotopic (exact) mass is 329 g/mol. The van der Waals surface area contributed by atoms with Gasteiger partial charge in [0, 0.05) is 0 Å². The number of hydrogen-bond acceptors (Lipinski definition) is 4. The molecular weight excluding hydrogens is 306 g/mol. The van der Waals surface area contributed by atoms with Crippen molar-refractivity contribution in [3.63, 3.8) is 0 Å². The number of carbonyl (C=O) groups excluding carboxylic acids is 2. The van der Waals surface area contributed by atoms with Gasteiger partial charge in [-0.1, -0.05) is 31.2 Å². The highest BCUT2D eigenvalue weighted by Crippen LogP contribution is 2.35. The molecule has 0 unspecified atom stereocenters. The number of likely N-dealkylation sites (tertiary alicyclic amines) is 1. The van der Waals surface area contributed by atoms with Gasteiger partial charge < -0.3 is 9.84 Å². The van der Waals surface area contributed by atoms with Crippen LogP contribution in [0.3, 0.4) is 0 Å². The SMILES string of the molecule is CCc1cccc(OC[C@H](O)CN2C(=O)[C@H]3CC=CC[C@@H]3C2=O)c1. The molecule has 1 aliphatic carbocycles. The lowest BCUT2D eigenvalue weighted by Crippen LogP contribution is -2.40. The van der Waals surface area contributed by atoms with Crippen molar-refractivity contribution < 1.29 is 19.4 Å². The third-order valence-electron chi connectivity index (χ3n) is 4.74. The number of aryl methyl sites for hydroxylation is 1. The van der Waals surface area contributed by atoms with Gasteiger partial charge in [0.25, 0.3) is 0 Å². The summed E-state index contributed by atoms with van der Waals surface area (Å²) in [5, 5.41) is 10.2. The molecule has 3 rings (SSSR count). The molecule has 1 heterocycles. The van der Waals surface area contributed by atoms with Gasteiger partial charge in [-0.25, -0.2) is 0 Å². The van der Waals surface area contributed by atoms with Crippen LogP contribution >= 0.6 is 0 Å². The molecule has 0 bridgehead atoms. The van der Waals surface area contributed by atoms with Crippen molar-refractivity contribution in [3.05, 3.63) is 42.0 Å². The Hall–Kier alpha value is -2.14. The van der Waals surface area contributed by atoms with Gasteiger partial charge in [-0.05, 0) is 37.0 Å². The minimum Gasteiger partial charge on any atom is -0.491 e. The fraction of sp³-hybridized carbons (Fsp3) is 0.474. The van der Waals surface area contributed by atoms with Crippen molar-refractivity contribution in [3.8, 4) is 5.75 Å². The number of aliphatic hydroxyl groups is 1. The van der Waals surface area contributed by atoms with Crippen LogP contribution in [0.15, 0.2) is 36.4 Å². The van der Waals surface area contributed by atoms with Crippen LogP contribution in [0.4, 0.5) is 0 Å². The minimum absolute atomic E-state index is 0.00185. The Kier molecular flexibility index (Phi) is 5.00. The van der Waals surface area contributed by atoms with E-state index < -0.39 is 6.10 Å². The van der Waals surface area contributed by atoms with E-state index in [-0.39, 0.29) is 36.8 Å². The molecule has 2 amide bonds. The maximum absolute atomic E-state index is 12.4. The number of fused-ring (bicyclic) bond motifs is 1. The van der Waals surface area contributed by atoms with Crippen LogP contribution in [-0.2, 0) is 16.0 Å². The van der Waals surface area contributed by atoms with Gasteiger partial charge in [0.15, 0.2) is 0 Å². The van der Waals surface area contributed by atoms with E-state index in [4.69, 9.17) is 4.74 Å². The molecular formula is C19H23NO4. The van der Waals surface area contributed by atoms with E-state index in [2.05, 4.69) is 6.92 Å². The molecule has 1 N–H and O–H groups in total.